The molecule has 2 aromatic rings. The summed E-state index contributed by atoms with van der Waals surface area (Å²) in [4.78, 5) is 11.4. The average Bonchev–Trinajstić information content (AvgIpc) is 2.53. The summed E-state index contributed by atoms with van der Waals surface area (Å²) >= 11 is 0. The number of esters is 1. The van der Waals surface area contributed by atoms with E-state index in [4.69, 9.17) is 10.5 Å². The zero-order valence-electron chi connectivity index (χ0n) is 12.2. The number of nitrogens with two attached hydrogens (primary N) is 1. The van der Waals surface area contributed by atoms with E-state index in [0.717, 1.165) is 16.9 Å². The minimum absolute atomic E-state index is 0.446. The van der Waals surface area contributed by atoms with Gasteiger partial charge >= 0.3 is 5.97 Å². The largest absolute Gasteiger partial charge is 0.489 e. The van der Waals surface area contributed by atoms with Crippen LogP contribution < -0.4 is 10.5 Å². The molecule has 0 fully saturated rings. The summed E-state index contributed by atoms with van der Waals surface area (Å²) < 4.78 is 10.3. The van der Waals surface area contributed by atoms with Crippen molar-refractivity contribution in [3.8, 4) is 5.75 Å². The number of carbonyl (C=O) groups is 1. The van der Waals surface area contributed by atoms with Crippen molar-refractivity contribution in [2.45, 2.75) is 19.6 Å². The van der Waals surface area contributed by atoms with E-state index in [1.165, 1.54) is 12.7 Å². The van der Waals surface area contributed by atoms with E-state index in [1.54, 1.807) is 0 Å². The first-order chi connectivity index (χ1) is 10.1. The van der Waals surface area contributed by atoms with E-state index in [2.05, 4.69) is 4.74 Å². The molecule has 2 N–H and O–H groups in total. The molecule has 1 atom stereocenters. The van der Waals surface area contributed by atoms with Gasteiger partial charge in [0.05, 0.1) is 7.11 Å². The highest BCUT2D eigenvalue weighted by Gasteiger charge is 2.15. The monoisotopic (exact) mass is 285 g/mol. The van der Waals surface area contributed by atoms with Crippen molar-refractivity contribution in [2.75, 3.05) is 7.11 Å². The molecule has 0 bridgehead atoms. The normalized spacial score (nSPS) is 11.8. The number of hydrogen-bond acceptors (Lipinski definition) is 4. The molecule has 0 radical (unpaired) electrons. The fourth-order valence-corrected chi connectivity index (χ4v) is 1.89. The highest BCUT2D eigenvalue weighted by molar-refractivity contribution is 5.77. The first kappa shape index (κ1) is 15.1. The van der Waals surface area contributed by atoms with Crippen LogP contribution in [0.4, 0.5) is 0 Å². The summed E-state index contributed by atoms with van der Waals surface area (Å²) in [7, 11) is 1.33. The Kier molecular flexibility index (Phi) is 4.95. The smallest absolute Gasteiger partial charge is 0.327 e. The summed E-state index contributed by atoms with van der Waals surface area (Å²) in [6.45, 7) is 2.50. The number of methoxy groups -OCH3 is 1. The van der Waals surface area contributed by atoms with Crippen molar-refractivity contribution in [1.82, 2.24) is 0 Å². The molecule has 0 saturated heterocycles. The Morgan fingerprint density at radius 2 is 1.71 bits per heavy atom. The van der Waals surface area contributed by atoms with Gasteiger partial charge in [-0.05, 0) is 30.2 Å². The van der Waals surface area contributed by atoms with Crippen LogP contribution in [0.2, 0.25) is 0 Å². The van der Waals surface area contributed by atoms with Gasteiger partial charge in [-0.15, -0.1) is 0 Å². The molecule has 4 nitrogen and oxygen atoms in total. The van der Waals surface area contributed by atoms with Crippen molar-refractivity contribution in [3.05, 3.63) is 65.2 Å². The van der Waals surface area contributed by atoms with E-state index < -0.39 is 12.0 Å². The van der Waals surface area contributed by atoms with E-state index in [1.807, 2.05) is 55.5 Å². The maximum Gasteiger partial charge on any atom is 0.327 e. The molecule has 0 amide bonds. The molecule has 110 valence electrons. The lowest BCUT2D eigenvalue weighted by atomic mass is 10.1. The predicted octanol–water partition coefficient (Wildman–Crippen LogP) is 2.75. The van der Waals surface area contributed by atoms with Crippen LogP contribution in [-0.4, -0.2) is 13.1 Å². The molecule has 1 unspecified atom stereocenters. The van der Waals surface area contributed by atoms with Crippen LogP contribution in [0.25, 0.3) is 0 Å². The second-order valence-corrected chi connectivity index (χ2v) is 4.84. The Hall–Kier alpha value is -2.33. The molecule has 21 heavy (non-hydrogen) atoms. The van der Waals surface area contributed by atoms with Crippen LogP contribution >= 0.6 is 0 Å². The Bertz CT molecular complexity index is 590. The summed E-state index contributed by atoms with van der Waals surface area (Å²) in [6.07, 6.45) is 0. The van der Waals surface area contributed by atoms with Gasteiger partial charge in [-0.2, -0.15) is 0 Å². The Labute approximate surface area is 124 Å². The molecule has 0 saturated carbocycles. The molecular weight excluding hydrogens is 266 g/mol. The van der Waals surface area contributed by atoms with Crippen LogP contribution in [0.3, 0.4) is 0 Å². The van der Waals surface area contributed by atoms with Crippen molar-refractivity contribution >= 4 is 5.97 Å². The zero-order valence-corrected chi connectivity index (χ0v) is 12.2. The molecule has 0 aliphatic rings. The molecule has 0 aliphatic carbocycles. The number of rotatable bonds is 5. The fraction of sp³-hybridized carbons (Fsp3) is 0.235. The highest BCUT2D eigenvalue weighted by Crippen LogP contribution is 2.16. The molecule has 0 aromatic heterocycles. The van der Waals surface area contributed by atoms with Crippen molar-refractivity contribution < 1.29 is 14.3 Å². The third-order valence-electron chi connectivity index (χ3n) is 3.22. The first-order valence-corrected chi connectivity index (χ1v) is 6.72. The van der Waals surface area contributed by atoms with Crippen molar-refractivity contribution in [2.24, 2.45) is 5.73 Å². The van der Waals surface area contributed by atoms with Gasteiger partial charge in [0.25, 0.3) is 0 Å². The van der Waals surface area contributed by atoms with E-state index in [0.29, 0.717) is 6.61 Å². The molecule has 2 aromatic carbocycles. The maximum atomic E-state index is 11.4. The lowest BCUT2D eigenvalue weighted by Gasteiger charge is -2.11. The minimum atomic E-state index is -0.748. The van der Waals surface area contributed by atoms with Crippen LogP contribution in [0.1, 0.15) is 22.7 Å². The Morgan fingerprint density at radius 1 is 1.10 bits per heavy atom. The first-order valence-electron chi connectivity index (χ1n) is 6.72. The second-order valence-electron chi connectivity index (χ2n) is 4.84. The Morgan fingerprint density at radius 3 is 2.29 bits per heavy atom. The quantitative estimate of drug-likeness (QED) is 0.858. The highest BCUT2D eigenvalue weighted by atomic mass is 16.5. The van der Waals surface area contributed by atoms with Gasteiger partial charge in [0.2, 0.25) is 0 Å². The van der Waals surface area contributed by atoms with Gasteiger partial charge in [-0.3, -0.25) is 4.79 Å². The van der Waals surface area contributed by atoms with Crippen LogP contribution in [-0.2, 0) is 16.1 Å². The minimum Gasteiger partial charge on any atom is -0.489 e. The number of hydrogen-bond donors (Lipinski definition) is 1. The number of carbonyl (C=O) groups excluding carboxylic acids is 1. The van der Waals surface area contributed by atoms with Crippen LogP contribution in [0.5, 0.6) is 5.75 Å². The van der Waals surface area contributed by atoms with Gasteiger partial charge in [-0.25, -0.2) is 0 Å². The molecule has 2 rings (SSSR count). The standard InChI is InChI=1S/C17H19NO3/c1-12-3-9-15(10-4-12)21-11-13-5-7-14(8-6-13)16(18)17(19)20-2/h3-10,16H,11,18H2,1-2H3. The lowest BCUT2D eigenvalue weighted by Crippen LogP contribution is -2.22. The molecule has 0 aliphatic heterocycles. The SMILES string of the molecule is COC(=O)C(N)c1ccc(COc2ccc(C)cc2)cc1. The summed E-state index contributed by atoms with van der Waals surface area (Å²) in [6, 6.07) is 14.6. The molecule has 0 spiro atoms. The Balaban J connectivity index is 1.96. The molecule has 4 heteroatoms. The fourth-order valence-electron chi connectivity index (χ4n) is 1.89. The van der Waals surface area contributed by atoms with Gasteiger partial charge in [0, 0.05) is 0 Å². The third-order valence-corrected chi connectivity index (χ3v) is 3.22. The van der Waals surface area contributed by atoms with E-state index in [-0.39, 0.29) is 0 Å². The zero-order chi connectivity index (χ0) is 15.2. The van der Waals surface area contributed by atoms with Gasteiger partial charge < -0.3 is 15.2 Å². The van der Waals surface area contributed by atoms with Gasteiger partial charge in [0.15, 0.2) is 0 Å². The molecular formula is C17H19NO3. The summed E-state index contributed by atoms with van der Waals surface area (Å²) in [5, 5.41) is 0. The van der Waals surface area contributed by atoms with Gasteiger partial charge in [0.1, 0.15) is 18.4 Å². The second kappa shape index (κ2) is 6.90. The summed E-state index contributed by atoms with van der Waals surface area (Å²) in [5.41, 5.74) is 8.70. The number of benzene rings is 2. The van der Waals surface area contributed by atoms with Gasteiger partial charge in [-0.1, -0.05) is 42.0 Å². The van der Waals surface area contributed by atoms with Crippen molar-refractivity contribution in [1.29, 1.82) is 0 Å². The average molecular weight is 285 g/mol. The van der Waals surface area contributed by atoms with Crippen LogP contribution in [0.15, 0.2) is 48.5 Å². The maximum absolute atomic E-state index is 11.4. The number of aryl methyl sites for hydroxylation is 1. The lowest BCUT2D eigenvalue weighted by molar-refractivity contribution is -0.142. The topological polar surface area (TPSA) is 61.5 Å². The van der Waals surface area contributed by atoms with Crippen LogP contribution in [0, 0.1) is 6.92 Å². The predicted molar refractivity (Wildman–Crippen MR) is 80.9 cm³/mol. The summed E-state index contributed by atoms with van der Waals surface area (Å²) in [5.74, 6) is 0.384. The third kappa shape index (κ3) is 4.07. The van der Waals surface area contributed by atoms with E-state index in [9.17, 15) is 4.79 Å². The number of ether oxygens (including phenoxy) is 2. The molecule has 0 heterocycles. The van der Waals surface area contributed by atoms with Crippen molar-refractivity contribution in [3.63, 3.8) is 0 Å². The van der Waals surface area contributed by atoms with E-state index >= 15 is 0 Å².